The lowest BCUT2D eigenvalue weighted by molar-refractivity contribution is 0.141. The molecule has 2 aromatic carbocycles. The van der Waals surface area contributed by atoms with Crippen LogP contribution in [0.1, 0.15) is 16.7 Å². The van der Waals surface area contributed by atoms with Crippen LogP contribution in [0.4, 0.5) is 14.9 Å². The molecule has 0 heterocycles. The Morgan fingerprint density at radius 3 is 2.78 bits per heavy atom. The van der Waals surface area contributed by atoms with Crippen molar-refractivity contribution in [3.8, 4) is 11.8 Å². The monoisotopic (exact) mass is 312 g/mol. The number of amides is 1. The molecule has 118 valence electrons. The molecule has 5 heteroatoms. The van der Waals surface area contributed by atoms with Crippen LogP contribution in [0.2, 0.25) is 0 Å². The van der Waals surface area contributed by atoms with Crippen molar-refractivity contribution in [3.05, 3.63) is 65.0 Å². The molecule has 0 bridgehead atoms. The number of nitrogens with one attached hydrogen (secondary N) is 1. The Balaban J connectivity index is 1.81. The summed E-state index contributed by atoms with van der Waals surface area (Å²) in [4.78, 5) is 11.5. The topological polar surface area (TPSA) is 64.3 Å². The highest BCUT2D eigenvalue weighted by Gasteiger charge is 2.03. The molecule has 4 nitrogen and oxygen atoms in total. The molecule has 3 N–H and O–H groups in total. The smallest absolute Gasteiger partial charge is 0.408 e. The predicted octanol–water partition coefficient (Wildman–Crippen LogP) is 2.99. The molecular weight excluding hydrogens is 295 g/mol. The van der Waals surface area contributed by atoms with Gasteiger partial charge in [0.25, 0.3) is 0 Å². The number of alkyl carbamates (subject to hydrolysis) is 1. The molecule has 0 aliphatic heterocycles. The second kappa shape index (κ2) is 7.85. The summed E-state index contributed by atoms with van der Waals surface area (Å²) < 4.78 is 18.7. The number of aryl methyl sites for hydroxylation is 1. The van der Waals surface area contributed by atoms with Crippen LogP contribution >= 0.6 is 0 Å². The van der Waals surface area contributed by atoms with Gasteiger partial charge in [-0.05, 0) is 30.2 Å². The van der Waals surface area contributed by atoms with Gasteiger partial charge in [0.2, 0.25) is 0 Å². The summed E-state index contributed by atoms with van der Waals surface area (Å²) in [7, 11) is 0. The number of nitrogens with two attached hydrogens (primary N) is 1. The fourth-order valence-electron chi connectivity index (χ4n) is 1.82. The maximum atomic E-state index is 13.6. The minimum Gasteiger partial charge on any atom is -0.445 e. The third-order valence-corrected chi connectivity index (χ3v) is 3.11. The van der Waals surface area contributed by atoms with E-state index in [1.54, 1.807) is 13.0 Å². The van der Waals surface area contributed by atoms with Crippen molar-refractivity contribution in [3.63, 3.8) is 0 Å². The number of hydrogen-bond acceptors (Lipinski definition) is 3. The summed E-state index contributed by atoms with van der Waals surface area (Å²) in [5.41, 5.74) is 7.89. The zero-order valence-corrected chi connectivity index (χ0v) is 12.7. The lowest BCUT2D eigenvalue weighted by atomic mass is 10.1. The fraction of sp³-hybridized carbons (Fsp3) is 0.167. The molecule has 1 amide bonds. The van der Waals surface area contributed by atoms with Crippen molar-refractivity contribution in [1.82, 2.24) is 5.32 Å². The fourth-order valence-corrected chi connectivity index (χ4v) is 1.82. The van der Waals surface area contributed by atoms with E-state index in [-0.39, 0.29) is 18.7 Å². The van der Waals surface area contributed by atoms with Crippen molar-refractivity contribution in [1.29, 1.82) is 0 Å². The third kappa shape index (κ3) is 5.04. The molecule has 0 aromatic heterocycles. The first kappa shape index (κ1) is 16.4. The maximum absolute atomic E-state index is 13.6. The number of nitrogen functional groups attached to an aromatic ring is 1. The molecular formula is C18H17FN2O2. The minimum absolute atomic E-state index is 0.0660. The summed E-state index contributed by atoms with van der Waals surface area (Å²) in [6.45, 7) is 2.03. The van der Waals surface area contributed by atoms with Gasteiger partial charge in [-0.15, -0.1) is 0 Å². The van der Waals surface area contributed by atoms with E-state index in [1.807, 2.05) is 30.3 Å². The minimum atomic E-state index is -0.572. The molecule has 0 aliphatic rings. The third-order valence-electron chi connectivity index (χ3n) is 3.11. The Labute approximate surface area is 134 Å². The second-order valence-electron chi connectivity index (χ2n) is 4.91. The summed E-state index contributed by atoms with van der Waals surface area (Å²) >= 11 is 0. The van der Waals surface area contributed by atoms with Crippen LogP contribution in [-0.2, 0) is 11.3 Å². The van der Waals surface area contributed by atoms with Crippen LogP contribution in [0, 0.1) is 24.6 Å². The molecule has 0 fully saturated rings. The van der Waals surface area contributed by atoms with Gasteiger partial charge < -0.3 is 15.8 Å². The molecule has 0 atom stereocenters. The molecule has 0 radical (unpaired) electrons. The Morgan fingerprint density at radius 2 is 2.04 bits per heavy atom. The van der Waals surface area contributed by atoms with Gasteiger partial charge in [0.05, 0.1) is 12.1 Å². The quantitative estimate of drug-likeness (QED) is 0.676. The van der Waals surface area contributed by atoms with Gasteiger partial charge in [-0.3, -0.25) is 0 Å². The van der Waals surface area contributed by atoms with Crippen LogP contribution in [0.15, 0.2) is 42.5 Å². The Hall–Kier alpha value is -3.00. The summed E-state index contributed by atoms with van der Waals surface area (Å²) in [5, 5.41) is 2.49. The van der Waals surface area contributed by atoms with E-state index >= 15 is 0 Å². The van der Waals surface area contributed by atoms with Crippen molar-refractivity contribution in [2.45, 2.75) is 13.5 Å². The van der Waals surface area contributed by atoms with Crippen molar-refractivity contribution >= 4 is 11.8 Å². The largest absolute Gasteiger partial charge is 0.445 e. The Morgan fingerprint density at radius 1 is 1.30 bits per heavy atom. The summed E-state index contributed by atoms with van der Waals surface area (Å²) in [6.07, 6.45) is -0.572. The average Bonchev–Trinajstić information content (AvgIpc) is 2.55. The lowest BCUT2D eigenvalue weighted by Crippen LogP contribution is -2.24. The molecule has 0 unspecified atom stereocenters. The van der Waals surface area contributed by atoms with Gasteiger partial charge in [0, 0.05) is 5.69 Å². The van der Waals surface area contributed by atoms with E-state index in [9.17, 15) is 9.18 Å². The first-order chi connectivity index (χ1) is 11.1. The van der Waals surface area contributed by atoms with E-state index in [1.165, 1.54) is 6.07 Å². The van der Waals surface area contributed by atoms with Gasteiger partial charge in [-0.2, -0.15) is 0 Å². The number of carbonyl (C=O) groups is 1. The van der Waals surface area contributed by atoms with Crippen LogP contribution in [0.25, 0.3) is 0 Å². The Kier molecular flexibility index (Phi) is 5.59. The zero-order chi connectivity index (χ0) is 16.7. The molecule has 23 heavy (non-hydrogen) atoms. The zero-order valence-electron chi connectivity index (χ0n) is 12.7. The first-order valence-electron chi connectivity index (χ1n) is 7.05. The van der Waals surface area contributed by atoms with E-state index in [0.717, 1.165) is 11.1 Å². The summed E-state index contributed by atoms with van der Waals surface area (Å²) in [5.74, 6) is 4.86. The number of ether oxygens (including phenoxy) is 1. The predicted molar refractivity (Wildman–Crippen MR) is 87.1 cm³/mol. The van der Waals surface area contributed by atoms with Crippen LogP contribution < -0.4 is 11.1 Å². The lowest BCUT2D eigenvalue weighted by Gasteiger charge is -2.04. The van der Waals surface area contributed by atoms with E-state index in [2.05, 4.69) is 17.2 Å². The van der Waals surface area contributed by atoms with E-state index < -0.39 is 11.9 Å². The van der Waals surface area contributed by atoms with Gasteiger partial charge in [-0.25, -0.2) is 9.18 Å². The molecule has 0 saturated carbocycles. The number of carbonyl (C=O) groups excluding carboxylic acids is 1. The highest BCUT2D eigenvalue weighted by molar-refractivity contribution is 5.67. The second-order valence-corrected chi connectivity index (χ2v) is 4.91. The van der Waals surface area contributed by atoms with Crippen LogP contribution in [0.5, 0.6) is 0 Å². The number of anilines is 1. The molecule has 0 spiro atoms. The number of rotatable bonds is 3. The standard InChI is InChI=1S/C18H17FN2O2/c1-13-10-15(16(19)11-17(13)20)8-5-9-21-18(22)23-12-14-6-3-2-4-7-14/h2-4,6-7,10-11H,9,12,20H2,1H3,(H,21,22). The van der Waals surface area contributed by atoms with Crippen molar-refractivity contribution in [2.24, 2.45) is 0 Å². The summed E-state index contributed by atoms with van der Waals surface area (Å²) in [6, 6.07) is 12.2. The Bertz CT molecular complexity index is 749. The molecule has 0 aliphatic carbocycles. The first-order valence-corrected chi connectivity index (χ1v) is 7.05. The van der Waals surface area contributed by atoms with Gasteiger partial charge in [-0.1, -0.05) is 42.2 Å². The van der Waals surface area contributed by atoms with Gasteiger partial charge in [0.1, 0.15) is 12.4 Å². The highest BCUT2D eigenvalue weighted by atomic mass is 19.1. The molecule has 0 saturated heterocycles. The van der Waals surface area contributed by atoms with Gasteiger partial charge >= 0.3 is 6.09 Å². The van der Waals surface area contributed by atoms with Gasteiger partial charge in [0.15, 0.2) is 0 Å². The number of hydrogen-bond donors (Lipinski definition) is 2. The SMILES string of the molecule is Cc1cc(C#CCNC(=O)OCc2ccccc2)c(F)cc1N. The van der Waals surface area contributed by atoms with Crippen molar-refractivity contribution in [2.75, 3.05) is 12.3 Å². The molecule has 2 aromatic rings. The van der Waals surface area contributed by atoms with E-state index in [4.69, 9.17) is 10.5 Å². The van der Waals surface area contributed by atoms with Crippen LogP contribution in [0.3, 0.4) is 0 Å². The van der Waals surface area contributed by atoms with Crippen molar-refractivity contribution < 1.29 is 13.9 Å². The number of halogens is 1. The van der Waals surface area contributed by atoms with E-state index in [0.29, 0.717) is 5.69 Å². The average molecular weight is 312 g/mol. The number of benzene rings is 2. The maximum Gasteiger partial charge on any atom is 0.408 e. The molecule has 2 rings (SSSR count). The highest BCUT2D eigenvalue weighted by Crippen LogP contribution is 2.16. The van der Waals surface area contributed by atoms with Crippen LogP contribution in [-0.4, -0.2) is 12.6 Å². The normalized spacial score (nSPS) is 9.65.